The van der Waals surface area contributed by atoms with Crippen LogP contribution in [0.5, 0.6) is 0 Å². The van der Waals surface area contributed by atoms with Gasteiger partial charge in [0, 0.05) is 32.6 Å². The number of halogens is 1. The maximum absolute atomic E-state index is 11.5. The largest absolute Gasteiger partial charge is 0.444 e. The number of amides is 1. The number of carbonyl (C=O) groups is 1. The van der Waals surface area contributed by atoms with Crippen molar-refractivity contribution in [1.82, 2.24) is 20.5 Å². The topological polar surface area (TPSA) is 78.8 Å². The molecule has 25 heavy (non-hydrogen) atoms. The highest BCUT2D eigenvalue weighted by molar-refractivity contribution is 14.0. The van der Waals surface area contributed by atoms with Gasteiger partial charge in [-0.25, -0.2) is 9.78 Å². The number of carbonyl (C=O) groups excluding carboxylic acids is 1. The van der Waals surface area contributed by atoms with Crippen molar-refractivity contribution < 1.29 is 9.53 Å². The molecule has 1 aromatic heterocycles. The quantitative estimate of drug-likeness (QED) is 0.282. The number of guanidine groups is 1. The molecule has 0 radical (unpaired) electrons. The molecule has 0 unspecified atom stereocenters. The number of aliphatic imine (C=N–C) groups is 1. The van der Waals surface area contributed by atoms with Crippen molar-refractivity contribution in [2.45, 2.75) is 46.3 Å². The molecule has 1 amide bonds. The normalized spacial score (nSPS) is 11.5. The first kappa shape index (κ1) is 23.9. The van der Waals surface area contributed by atoms with Gasteiger partial charge in [-0.3, -0.25) is 4.99 Å². The smallest absolute Gasteiger partial charge is 0.407 e. The standard InChI is InChI=1S/C16H29N5O2S.HI/c1-12-20-13(11-24-12)10-21(6)14(17-5)18-8-7-9-19-15(22)23-16(2,3)4;/h11H,7-10H2,1-6H3,(H,17,18)(H,19,22);1H. The van der Waals surface area contributed by atoms with E-state index >= 15 is 0 Å². The number of ether oxygens (including phenoxy) is 1. The van der Waals surface area contributed by atoms with Crippen LogP contribution in [0.15, 0.2) is 10.4 Å². The maximum atomic E-state index is 11.5. The summed E-state index contributed by atoms with van der Waals surface area (Å²) in [6.07, 6.45) is 0.393. The predicted molar refractivity (Wildman–Crippen MR) is 114 cm³/mol. The lowest BCUT2D eigenvalue weighted by Gasteiger charge is -2.21. The summed E-state index contributed by atoms with van der Waals surface area (Å²) >= 11 is 1.65. The fraction of sp³-hybridized carbons (Fsp3) is 0.688. The Balaban J connectivity index is 0.00000576. The van der Waals surface area contributed by atoms with E-state index in [1.165, 1.54) is 0 Å². The van der Waals surface area contributed by atoms with Gasteiger partial charge in [0.1, 0.15) is 5.60 Å². The zero-order valence-electron chi connectivity index (χ0n) is 15.9. The average molecular weight is 483 g/mol. The Labute approximate surface area is 171 Å². The molecule has 0 aromatic carbocycles. The van der Waals surface area contributed by atoms with E-state index in [0.29, 0.717) is 19.6 Å². The van der Waals surface area contributed by atoms with Crippen molar-refractivity contribution in [3.63, 3.8) is 0 Å². The number of aryl methyl sites for hydroxylation is 1. The number of nitrogens with zero attached hydrogens (tertiary/aromatic N) is 3. The molecular weight excluding hydrogens is 453 g/mol. The monoisotopic (exact) mass is 483 g/mol. The van der Waals surface area contributed by atoms with Gasteiger partial charge in [-0.05, 0) is 34.1 Å². The van der Waals surface area contributed by atoms with Crippen LogP contribution >= 0.6 is 35.3 Å². The summed E-state index contributed by atoms with van der Waals surface area (Å²) in [6, 6.07) is 0. The summed E-state index contributed by atoms with van der Waals surface area (Å²) in [5.41, 5.74) is 0.566. The van der Waals surface area contributed by atoms with Crippen LogP contribution in [0, 0.1) is 6.92 Å². The highest BCUT2D eigenvalue weighted by Gasteiger charge is 2.15. The van der Waals surface area contributed by atoms with Crippen LogP contribution in [0.2, 0.25) is 0 Å². The predicted octanol–water partition coefficient (Wildman–Crippen LogP) is 2.99. The van der Waals surface area contributed by atoms with Gasteiger partial charge in [0.25, 0.3) is 0 Å². The zero-order valence-corrected chi connectivity index (χ0v) is 19.0. The van der Waals surface area contributed by atoms with Crippen molar-refractivity contribution >= 4 is 47.4 Å². The number of nitrogens with one attached hydrogen (secondary N) is 2. The lowest BCUT2D eigenvalue weighted by molar-refractivity contribution is 0.0527. The molecule has 0 bridgehead atoms. The third-order valence-electron chi connectivity index (χ3n) is 2.94. The van der Waals surface area contributed by atoms with E-state index in [0.717, 1.165) is 23.1 Å². The molecule has 7 nitrogen and oxygen atoms in total. The third-order valence-corrected chi connectivity index (χ3v) is 3.77. The highest BCUT2D eigenvalue weighted by atomic mass is 127. The van der Waals surface area contributed by atoms with Crippen LogP contribution in [-0.4, -0.2) is 54.7 Å². The Morgan fingerprint density at radius 3 is 2.52 bits per heavy atom. The molecule has 0 aliphatic rings. The third kappa shape index (κ3) is 10.5. The molecule has 0 saturated carbocycles. The molecule has 0 saturated heterocycles. The Hall–Kier alpha value is -1.10. The van der Waals surface area contributed by atoms with Crippen molar-refractivity contribution in [2.75, 3.05) is 27.2 Å². The van der Waals surface area contributed by atoms with Crippen LogP contribution in [-0.2, 0) is 11.3 Å². The van der Waals surface area contributed by atoms with Crippen LogP contribution in [0.1, 0.15) is 37.9 Å². The van der Waals surface area contributed by atoms with E-state index in [-0.39, 0.29) is 30.1 Å². The minimum atomic E-state index is -0.471. The van der Waals surface area contributed by atoms with Gasteiger partial charge in [0.2, 0.25) is 0 Å². The molecule has 1 rings (SSSR count). The van der Waals surface area contributed by atoms with Crippen molar-refractivity contribution in [3.05, 3.63) is 16.1 Å². The van der Waals surface area contributed by atoms with Gasteiger partial charge in [-0.2, -0.15) is 0 Å². The number of rotatable bonds is 6. The molecule has 2 N–H and O–H groups in total. The average Bonchev–Trinajstić information content (AvgIpc) is 2.86. The van der Waals surface area contributed by atoms with E-state index in [4.69, 9.17) is 4.74 Å². The molecule has 9 heteroatoms. The van der Waals surface area contributed by atoms with Crippen LogP contribution < -0.4 is 10.6 Å². The van der Waals surface area contributed by atoms with Gasteiger partial charge in [-0.15, -0.1) is 35.3 Å². The maximum Gasteiger partial charge on any atom is 0.407 e. The second-order valence-corrected chi connectivity index (χ2v) is 7.53. The zero-order chi connectivity index (χ0) is 18.2. The fourth-order valence-corrected chi connectivity index (χ4v) is 2.58. The second-order valence-electron chi connectivity index (χ2n) is 6.47. The number of hydrogen-bond acceptors (Lipinski definition) is 5. The Morgan fingerprint density at radius 1 is 1.36 bits per heavy atom. The SMILES string of the molecule is CN=C(NCCCNC(=O)OC(C)(C)C)N(C)Cc1csc(C)n1.I. The van der Waals surface area contributed by atoms with Gasteiger partial charge < -0.3 is 20.3 Å². The van der Waals surface area contributed by atoms with E-state index in [2.05, 4.69) is 26.0 Å². The molecule has 144 valence electrons. The number of alkyl carbamates (subject to hydrolysis) is 1. The summed E-state index contributed by atoms with van der Waals surface area (Å²) < 4.78 is 5.18. The lowest BCUT2D eigenvalue weighted by Crippen LogP contribution is -2.40. The first-order chi connectivity index (χ1) is 11.2. The van der Waals surface area contributed by atoms with Crippen LogP contribution in [0.4, 0.5) is 4.79 Å². The van der Waals surface area contributed by atoms with Gasteiger partial charge in [-0.1, -0.05) is 0 Å². The van der Waals surface area contributed by atoms with Crippen LogP contribution in [0.3, 0.4) is 0 Å². The minimum absolute atomic E-state index is 0. The molecule has 0 aliphatic heterocycles. The minimum Gasteiger partial charge on any atom is -0.444 e. The van der Waals surface area contributed by atoms with Gasteiger partial charge in [0.15, 0.2) is 5.96 Å². The summed E-state index contributed by atoms with van der Waals surface area (Å²) in [4.78, 5) is 22.3. The Morgan fingerprint density at radius 2 is 2.00 bits per heavy atom. The molecular formula is C16H30IN5O2S. The summed E-state index contributed by atoms with van der Waals surface area (Å²) in [6.45, 7) is 9.50. The van der Waals surface area contributed by atoms with Crippen molar-refractivity contribution in [3.8, 4) is 0 Å². The number of thiazole rings is 1. The molecule has 0 atom stereocenters. The van der Waals surface area contributed by atoms with E-state index in [1.54, 1.807) is 18.4 Å². The number of aromatic nitrogens is 1. The van der Waals surface area contributed by atoms with Gasteiger partial charge in [0.05, 0.1) is 17.2 Å². The summed E-state index contributed by atoms with van der Waals surface area (Å²) in [5.74, 6) is 0.804. The first-order valence-electron chi connectivity index (χ1n) is 8.01. The second kappa shape index (κ2) is 11.5. The van der Waals surface area contributed by atoms with Gasteiger partial charge >= 0.3 is 6.09 Å². The fourth-order valence-electron chi connectivity index (χ4n) is 1.98. The number of hydrogen-bond donors (Lipinski definition) is 2. The molecule has 1 aromatic rings. The Bertz CT molecular complexity index is 557. The van der Waals surface area contributed by atoms with E-state index in [9.17, 15) is 4.79 Å². The van der Waals surface area contributed by atoms with E-state index < -0.39 is 5.60 Å². The van der Waals surface area contributed by atoms with Crippen molar-refractivity contribution in [1.29, 1.82) is 0 Å². The van der Waals surface area contributed by atoms with Crippen molar-refractivity contribution in [2.24, 2.45) is 4.99 Å². The Kier molecular flexibility index (Phi) is 11.0. The molecule has 0 fully saturated rings. The summed E-state index contributed by atoms with van der Waals surface area (Å²) in [5, 5.41) is 9.14. The molecule has 1 heterocycles. The van der Waals surface area contributed by atoms with Crippen LogP contribution in [0.25, 0.3) is 0 Å². The highest BCUT2D eigenvalue weighted by Crippen LogP contribution is 2.09. The lowest BCUT2D eigenvalue weighted by atomic mass is 10.2. The molecule has 0 aliphatic carbocycles. The molecule has 0 spiro atoms. The summed E-state index contributed by atoms with van der Waals surface area (Å²) in [7, 11) is 3.73. The first-order valence-corrected chi connectivity index (χ1v) is 8.89. The van der Waals surface area contributed by atoms with E-state index in [1.807, 2.05) is 39.6 Å².